The third kappa shape index (κ3) is 70.0. The van der Waals surface area contributed by atoms with Gasteiger partial charge in [-0.05, 0) is 122 Å². The summed E-state index contributed by atoms with van der Waals surface area (Å²) in [7, 11) is 0. The zero-order valence-electron chi connectivity index (χ0n) is 54.6. The lowest BCUT2D eigenvalue weighted by Crippen LogP contribution is -2.28. The van der Waals surface area contributed by atoms with Crippen molar-refractivity contribution in [2.45, 2.75) is 315 Å². The van der Waals surface area contributed by atoms with Crippen LogP contribution in [0.25, 0.3) is 0 Å². The van der Waals surface area contributed by atoms with E-state index in [0.29, 0.717) is 12.8 Å². The van der Waals surface area contributed by atoms with Crippen molar-refractivity contribution in [2.24, 2.45) is 0 Å². The van der Waals surface area contributed by atoms with E-state index in [-0.39, 0.29) is 25.2 Å². The maximum absolute atomic E-state index is 12.4. The van der Waals surface area contributed by atoms with Gasteiger partial charge >= 0.3 is 11.9 Å². The third-order valence-corrected chi connectivity index (χ3v) is 14.8. The molecule has 1 unspecified atom stereocenters. The molecule has 0 spiro atoms. The first-order chi connectivity index (χ1) is 41.6. The molecule has 0 aliphatic carbocycles. The molecule has 1 atom stereocenters. The first-order valence-electron chi connectivity index (χ1n) is 35.0. The molecule has 5 nitrogen and oxygen atoms in total. The highest BCUT2D eigenvalue weighted by molar-refractivity contribution is 5.70. The summed E-state index contributed by atoms with van der Waals surface area (Å²) in [6.07, 6.45) is 111. The van der Waals surface area contributed by atoms with E-state index >= 15 is 0 Å². The lowest BCUT2D eigenvalue weighted by Gasteiger charge is -2.15. The van der Waals surface area contributed by atoms with Crippen molar-refractivity contribution >= 4 is 11.9 Å². The summed E-state index contributed by atoms with van der Waals surface area (Å²) in [4.78, 5) is 24.7. The van der Waals surface area contributed by atoms with Crippen molar-refractivity contribution in [1.82, 2.24) is 0 Å². The second kappa shape index (κ2) is 72.8. The second-order valence-electron chi connectivity index (χ2n) is 22.8. The van der Waals surface area contributed by atoms with Gasteiger partial charge in [0, 0.05) is 12.8 Å². The van der Waals surface area contributed by atoms with Crippen molar-refractivity contribution in [3.8, 4) is 0 Å². The van der Waals surface area contributed by atoms with Gasteiger partial charge < -0.3 is 14.6 Å². The van der Waals surface area contributed by atoms with E-state index in [0.717, 1.165) is 122 Å². The van der Waals surface area contributed by atoms with Crippen LogP contribution in [0.2, 0.25) is 0 Å². The number of rotatable bonds is 63. The Bertz CT molecular complexity index is 1790. The molecule has 0 aliphatic rings. The van der Waals surface area contributed by atoms with E-state index in [4.69, 9.17) is 9.47 Å². The average Bonchev–Trinajstić information content (AvgIpc) is 3.51. The van der Waals surface area contributed by atoms with Gasteiger partial charge in [-0.1, -0.05) is 332 Å². The van der Waals surface area contributed by atoms with Gasteiger partial charge in [-0.2, -0.15) is 0 Å². The summed E-state index contributed by atoms with van der Waals surface area (Å²) in [6.45, 7) is 3.93. The Hall–Kier alpha value is -4.48. The Kier molecular flexibility index (Phi) is 68.9. The van der Waals surface area contributed by atoms with Crippen LogP contribution in [0.5, 0.6) is 0 Å². The monoisotopic (exact) mass is 1160 g/mol. The molecule has 1 N–H and O–H groups in total. The number of aliphatic hydroxyl groups excluding tert-OH is 1. The summed E-state index contributed by atoms with van der Waals surface area (Å²) >= 11 is 0. The highest BCUT2D eigenvalue weighted by Crippen LogP contribution is 2.17. The standard InChI is InChI=1S/C79H130O5/c1-3-5-7-9-11-13-15-17-19-21-23-25-27-29-31-33-35-37-39-41-43-45-47-49-51-53-55-57-59-61-63-65-67-69-71-73-78(81)83-76-77(75-80)84-79(82)74-72-70-68-66-64-62-60-58-56-54-52-50-48-46-44-42-40-38-36-34-32-30-28-26-24-22-20-18-16-14-12-10-8-6-4-2/h5-8,11-14,17-20,23-26,29-32,36,38,42,44,48,50,77,80H,3-4,9-10,15-16,21-22,27-28,33-35,37,39-41,43,45-47,49,51-76H2,1-2H3/b7-5-,8-6-,13-11-,14-12-,19-17-,20-18-,25-23-,26-24-,31-29-,32-30-,38-36-,44-42-,50-48-. The van der Waals surface area contributed by atoms with E-state index < -0.39 is 6.10 Å². The molecule has 476 valence electrons. The molecule has 0 saturated heterocycles. The molecule has 0 aromatic carbocycles. The van der Waals surface area contributed by atoms with Crippen LogP contribution in [0, 0.1) is 0 Å². The Morgan fingerprint density at radius 3 is 0.714 bits per heavy atom. The molecule has 0 aromatic rings. The van der Waals surface area contributed by atoms with Crippen LogP contribution in [0.15, 0.2) is 158 Å². The first kappa shape index (κ1) is 79.5. The van der Waals surface area contributed by atoms with Gasteiger partial charge in [0.25, 0.3) is 0 Å². The van der Waals surface area contributed by atoms with Gasteiger partial charge in [0.1, 0.15) is 6.61 Å². The SMILES string of the molecule is CC/C=C\C/C=C\C/C=C\C/C=C\C/C=C\C/C=C\C/C=C\C/C=C\CCCCCCCCCCCCC(=O)OC(CO)COC(=O)CCCCCCCCCCCCCCCCCCCCC/C=C\C/C=C\C/C=C\C/C=C\C/C=C\CC. The molecule has 0 saturated carbocycles. The fourth-order valence-electron chi connectivity index (χ4n) is 9.66. The zero-order valence-corrected chi connectivity index (χ0v) is 54.6. The number of hydrogen-bond acceptors (Lipinski definition) is 5. The van der Waals surface area contributed by atoms with Gasteiger partial charge in [-0.15, -0.1) is 0 Å². The molecule has 84 heavy (non-hydrogen) atoms. The number of carbonyl (C=O) groups is 2. The number of aliphatic hydroxyl groups is 1. The van der Waals surface area contributed by atoms with Crippen molar-refractivity contribution in [3.05, 3.63) is 158 Å². The van der Waals surface area contributed by atoms with E-state index in [1.54, 1.807) is 0 Å². The van der Waals surface area contributed by atoms with Crippen molar-refractivity contribution < 1.29 is 24.2 Å². The highest BCUT2D eigenvalue weighted by Gasteiger charge is 2.16. The molecule has 0 aromatic heterocycles. The summed E-state index contributed by atoms with van der Waals surface area (Å²) in [5, 5.41) is 9.71. The van der Waals surface area contributed by atoms with Crippen LogP contribution in [-0.4, -0.2) is 36.4 Å². The zero-order chi connectivity index (χ0) is 60.5. The van der Waals surface area contributed by atoms with Crippen molar-refractivity contribution in [2.75, 3.05) is 13.2 Å². The number of esters is 2. The second-order valence-corrected chi connectivity index (χ2v) is 22.8. The third-order valence-electron chi connectivity index (χ3n) is 14.8. The largest absolute Gasteiger partial charge is 0.462 e. The fraction of sp³-hybridized carbons (Fsp3) is 0.646. The van der Waals surface area contributed by atoms with Gasteiger partial charge in [-0.25, -0.2) is 0 Å². The molecule has 5 heteroatoms. The van der Waals surface area contributed by atoms with E-state index in [9.17, 15) is 14.7 Å². The number of unbranched alkanes of at least 4 members (excludes halogenated alkanes) is 29. The minimum Gasteiger partial charge on any atom is -0.462 e. The average molecular weight is 1160 g/mol. The number of carbonyl (C=O) groups excluding carboxylic acids is 2. The summed E-state index contributed by atoms with van der Waals surface area (Å²) < 4.78 is 10.8. The van der Waals surface area contributed by atoms with Gasteiger partial charge in [0.15, 0.2) is 6.10 Å². The summed E-state index contributed by atoms with van der Waals surface area (Å²) in [6, 6.07) is 0. The molecule has 0 aliphatic heterocycles. The maximum atomic E-state index is 12.4. The summed E-state index contributed by atoms with van der Waals surface area (Å²) in [5.74, 6) is -0.593. The van der Waals surface area contributed by atoms with Crippen LogP contribution in [0.1, 0.15) is 309 Å². The predicted octanol–water partition coefficient (Wildman–Crippen LogP) is 24.6. The van der Waals surface area contributed by atoms with Crippen LogP contribution >= 0.6 is 0 Å². The number of hydrogen-bond donors (Lipinski definition) is 1. The topological polar surface area (TPSA) is 72.8 Å². The molecule has 0 heterocycles. The molecule has 0 fully saturated rings. The molecule has 0 amide bonds. The molecule has 0 rings (SSSR count). The normalized spacial score (nSPS) is 13.2. The Labute approximate surface area is 520 Å². The van der Waals surface area contributed by atoms with Gasteiger partial charge in [0.05, 0.1) is 6.61 Å². The molecule has 0 bridgehead atoms. The first-order valence-corrected chi connectivity index (χ1v) is 35.0. The lowest BCUT2D eigenvalue weighted by atomic mass is 10.0. The Morgan fingerprint density at radius 1 is 0.274 bits per heavy atom. The van der Waals surface area contributed by atoms with E-state index in [1.807, 2.05) is 0 Å². The van der Waals surface area contributed by atoms with Crippen LogP contribution in [-0.2, 0) is 19.1 Å². The molecule has 0 radical (unpaired) electrons. The van der Waals surface area contributed by atoms with Gasteiger partial charge in [0.2, 0.25) is 0 Å². The smallest absolute Gasteiger partial charge is 0.306 e. The summed E-state index contributed by atoms with van der Waals surface area (Å²) in [5.41, 5.74) is 0. The maximum Gasteiger partial charge on any atom is 0.306 e. The lowest BCUT2D eigenvalue weighted by molar-refractivity contribution is -0.161. The van der Waals surface area contributed by atoms with Crippen molar-refractivity contribution in [1.29, 1.82) is 0 Å². The van der Waals surface area contributed by atoms with E-state index in [1.165, 1.54) is 161 Å². The van der Waals surface area contributed by atoms with E-state index in [2.05, 4.69) is 172 Å². The number of allylic oxidation sites excluding steroid dienone is 26. The highest BCUT2D eigenvalue weighted by atomic mass is 16.6. The number of ether oxygens (including phenoxy) is 2. The Morgan fingerprint density at radius 2 is 0.476 bits per heavy atom. The predicted molar refractivity (Wildman–Crippen MR) is 370 cm³/mol. The quantitative estimate of drug-likeness (QED) is 0.0373. The fourth-order valence-corrected chi connectivity index (χ4v) is 9.66. The minimum atomic E-state index is -0.785. The molecular weight excluding hydrogens is 1030 g/mol. The molecular formula is C79H130O5. The van der Waals surface area contributed by atoms with Gasteiger partial charge in [-0.3, -0.25) is 9.59 Å². The minimum absolute atomic E-state index is 0.0729. The van der Waals surface area contributed by atoms with Crippen LogP contribution in [0.4, 0.5) is 0 Å². The van der Waals surface area contributed by atoms with Crippen LogP contribution in [0.3, 0.4) is 0 Å². The van der Waals surface area contributed by atoms with Crippen LogP contribution < -0.4 is 0 Å². The Balaban J connectivity index is 3.51. The van der Waals surface area contributed by atoms with Crippen molar-refractivity contribution in [3.63, 3.8) is 0 Å².